The number of carbonyl (C=O) groups excluding carboxylic acids is 1. The van der Waals surface area contributed by atoms with E-state index in [1.165, 1.54) is 17.5 Å². The van der Waals surface area contributed by atoms with Gasteiger partial charge in [-0.05, 0) is 48.1 Å². The number of nitrogen functional groups attached to an aromatic ring is 1. The highest BCUT2D eigenvalue weighted by atomic mass is 16.6. The number of nitrogens with zero attached hydrogens (tertiary/aromatic N) is 6. The van der Waals surface area contributed by atoms with E-state index in [1.807, 2.05) is 27.9 Å². The van der Waals surface area contributed by atoms with E-state index in [-0.39, 0.29) is 5.91 Å². The van der Waals surface area contributed by atoms with Crippen LogP contribution in [0.3, 0.4) is 0 Å². The normalized spacial score (nSPS) is 12.2. The van der Waals surface area contributed by atoms with Crippen molar-refractivity contribution in [2.75, 3.05) is 178 Å². The molecule has 22 heteroatoms. The molecule has 5 N–H and O–H groups in total. The number of nitrogens with two attached hydrogens (primary N) is 2. The van der Waals surface area contributed by atoms with Gasteiger partial charge in [-0.3, -0.25) is 4.79 Å². The average molecular weight is 1060 g/mol. The Labute approximate surface area is 442 Å². The summed E-state index contributed by atoms with van der Waals surface area (Å²) in [6.45, 7) is 19.9. The zero-order valence-corrected chi connectivity index (χ0v) is 45.0. The standard InChI is InChI=1S/C28H30N8O3.C14H30O6.C11H25NO4/c1-38-10-11-39-9-6-23(37)35-8-5-19-12-18(2-3-21(19)16-35)15-36-28-24(26(29)32-17-33-28)25(34-36)22-13-20-4-7-30-27(20)31-14-22;1-3-4-16-7-8-18-11-12-20-14-13-19-10-9-17-6-5-15-2;1-2-4-13-6-8-15-10-11-16-9-7-14-5-3-12/h2-4,7,12-14,17H,5-6,8-11,15-16H2,1H3,(H,30,31)(H2,29,32,33);3-14H2,1-2H3;2-12H2,1H3. The lowest BCUT2D eigenvalue weighted by atomic mass is 9.97. The molecule has 0 aliphatic carbocycles. The van der Waals surface area contributed by atoms with E-state index in [0.29, 0.717) is 187 Å². The van der Waals surface area contributed by atoms with E-state index in [9.17, 15) is 4.79 Å². The Morgan fingerprint density at radius 2 is 1.16 bits per heavy atom. The lowest BCUT2D eigenvalue weighted by Crippen LogP contribution is -2.36. The second-order valence-electron chi connectivity index (χ2n) is 16.9. The number of hydrogen-bond acceptors (Lipinski definition) is 19. The summed E-state index contributed by atoms with van der Waals surface area (Å²) in [6, 6.07) is 10.4. The smallest absolute Gasteiger partial charge is 0.225 e. The Morgan fingerprint density at radius 3 is 1.71 bits per heavy atom. The third kappa shape index (κ3) is 25.3. The van der Waals surface area contributed by atoms with Gasteiger partial charge in [0.25, 0.3) is 0 Å². The Balaban J connectivity index is 0.000000284. The molecule has 75 heavy (non-hydrogen) atoms. The maximum absolute atomic E-state index is 12.7. The number of hydrogen-bond donors (Lipinski definition) is 3. The number of rotatable bonds is 39. The molecule has 0 spiro atoms. The van der Waals surface area contributed by atoms with Crippen LogP contribution in [0, 0.1) is 0 Å². The summed E-state index contributed by atoms with van der Waals surface area (Å²) < 4.78 is 64.7. The molecule has 5 aromatic rings. The minimum absolute atomic E-state index is 0.113. The van der Waals surface area contributed by atoms with Gasteiger partial charge in [0.05, 0.1) is 150 Å². The van der Waals surface area contributed by atoms with Crippen LogP contribution in [0.15, 0.2) is 49.1 Å². The molecular formula is C53H85N9O13. The SMILES string of the molecule is CCCOCCOCCOCCOCCN.CCCOCCOCCOCCOCCOCCOC.COCCOCCC(=O)N1CCc2cc(Cn3nc(-c4cnc5[nH]ccc5c4)c4c(N)ncnc43)ccc2C1. The van der Waals surface area contributed by atoms with E-state index < -0.39 is 0 Å². The average Bonchev–Trinajstić information content (AvgIpc) is 4.07. The minimum atomic E-state index is 0.113. The minimum Gasteiger partial charge on any atom is -0.383 e. The van der Waals surface area contributed by atoms with Crippen LogP contribution >= 0.6 is 0 Å². The van der Waals surface area contributed by atoms with Crippen LogP contribution in [-0.2, 0) is 81.1 Å². The number of amides is 1. The van der Waals surface area contributed by atoms with Crippen molar-refractivity contribution in [2.24, 2.45) is 5.73 Å². The Morgan fingerprint density at radius 1 is 0.627 bits per heavy atom. The number of anilines is 1. The largest absolute Gasteiger partial charge is 0.383 e. The van der Waals surface area contributed by atoms with E-state index >= 15 is 0 Å². The van der Waals surface area contributed by atoms with Gasteiger partial charge in [0.2, 0.25) is 5.91 Å². The molecule has 0 saturated heterocycles. The number of pyridine rings is 1. The van der Waals surface area contributed by atoms with Gasteiger partial charge in [0.1, 0.15) is 23.5 Å². The molecule has 6 rings (SSSR count). The molecule has 0 radical (unpaired) electrons. The number of nitrogens with one attached hydrogen (secondary N) is 1. The molecule has 0 atom stereocenters. The van der Waals surface area contributed by atoms with Gasteiger partial charge in [-0.1, -0.05) is 32.0 Å². The molecule has 1 aromatic carbocycles. The fourth-order valence-corrected chi connectivity index (χ4v) is 7.32. The lowest BCUT2D eigenvalue weighted by molar-refractivity contribution is -0.133. The van der Waals surface area contributed by atoms with E-state index in [0.717, 1.165) is 54.6 Å². The molecule has 0 saturated carbocycles. The second-order valence-corrected chi connectivity index (χ2v) is 16.9. The first-order valence-electron chi connectivity index (χ1n) is 26.2. The maximum Gasteiger partial charge on any atom is 0.225 e. The summed E-state index contributed by atoms with van der Waals surface area (Å²) in [5.74, 6) is 0.497. The number of aromatic amines is 1. The van der Waals surface area contributed by atoms with Gasteiger partial charge in [-0.25, -0.2) is 19.6 Å². The fourth-order valence-electron chi connectivity index (χ4n) is 7.32. The van der Waals surface area contributed by atoms with Crippen LogP contribution < -0.4 is 11.5 Å². The van der Waals surface area contributed by atoms with Crippen molar-refractivity contribution in [1.29, 1.82) is 0 Å². The molecule has 4 aromatic heterocycles. The number of benzene rings is 1. The summed E-state index contributed by atoms with van der Waals surface area (Å²) in [4.78, 5) is 30.9. The summed E-state index contributed by atoms with van der Waals surface area (Å²) in [6.07, 6.45) is 8.39. The van der Waals surface area contributed by atoms with Crippen LogP contribution in [0.2, 0.25) is 0 Å². The third-order valence-electron chi connectivity index (χ3n) is 11.1. The quantitative estimate of drug-likeness (QED) is 0.0459. The molecule has 22 nitrogen and oxygen atoms in total. The van der Waals surface area contributed by atoms with Crippen molar-refractivity contribution in [3.05, 3.63) is 65.7 Å². The Kier molecular flexibility index (Phi) is 33.9. The van der Waals surface area contributed by atoms with Crippen molar-refractivity contribution in [3.63, 3.8) is 0 Å². The highest BCUT2D eigenvalue weighted by molar-refractivity contribution is 5.99. The predicted molar refractivity (Wildman–Crippen MR) is 286 cm³/mol. The number of methoxy groups -OCH3 is 2. The zero-order chi connectivity index (χ0) is 53.4. The van der Waals surface area contributed by atoms with Crippen molar-refractivity contribution in [2.45, 2.75) is 52.6 Å². The van der Waals surface area contributed by atoms with Gasteiger partial charge in [-0.2, -0.15) is 5.10 Å². The lowest BCUT2D eigenvalue weighted by Gasteiger charge is -2.29. The molecule has 0 unspecified atom stereocenters. The van der Waals surface area contributed by atoms with Crippen molar-refractivity contribution in [3.8, 4) is 11.3 Å². The van der Waals surface area contributed by atoms with Crippen LogP contribution in [-0.4, -0.2) is 213 Å². The Bertz CT molecular complexity index is 2200. The van der Waals surface area contributed by atoms with Crippen molar-refractivity contribution >= 4 is 33.8 Å². The summed E-state index contributed by atoms with van der Waals surface area (Å²) in [5.41, 5.74) is 18.1. The molecule has 420 valence electrons. The number of ether oxygens (including phenoxy) is 12. The number of carbonyl (C=O) groups is 1. The van der Waals surface area contributed by atoms with Crippen LogP contribution in [0.5, 0.6) is 0 Å². The monoisotopic (exact) mass is 1060 g/mol. The van der Waals surface area contributed by atoms with Crippen LogP contribution in [0.1, 0.15) is 49.8 Å². The predicted octanol–water partition coefficient (Wildman–Crippen LogP) is 4.49. The Hall–Kier alpha value is -4.79. The van der Waals surface area contributed by atoms with Crippen molar-refractivity contribution in [1.82, 2.24) is 34.6 Å². The number of H-pyrrole nitrogens is 1. The first-order valence-corrected chi connectivity index (χ1v) is 26.2. The van der Waals surface area contributed by atoms with Gasteiger partial charge in [0, 0.05) is 70.4 Å². The molecule has 1 aliphatic heterocycles. The zero-order valence-electron chi connectivity index (χ0n) is 45.0. The summed E-state index contributed by atoms with van der Waals surface area (Å²) in [5, 5.41) is 6.62. The highest BCUT2D eigenvalue weighted by Crippen LogP contribution is 2.32. The van der Waals surface area contributed by atoms with E-state index in [1.54, 1.807) is 20.4 Å². The van der Waals surface area contributed by atoms with Gasteiger partial charge in [-0.15, -0.1) is 0 Å². The molecule has 1 amide bonds. The van der Waals surface area contributed by atoms with Gasteiger partial charge < -0.3 is 78.2 Å². The van der Waals surface area contributed by atoms with Gasteiger partial charge >= 0.3 is 0 Å². The molecule has 0 bridgehead atoms. The first kappa shape index (κ1) is 62.7. The fraction of sp³-hybridized carbons (Fsp3) is 0.642. The maximum atomic E-state index is 12.7. The van der Waals surface area contributed by atoms with Crippen LogP contribution in [0.25, 0.3) is 33.3 Å². The first-order chi connectivity index (χ1) is 36.9. The van der Waals surface area contributed by atoms with E-state index in [4.69, 9.17) is 73.4 Å². The topological polar surface area (TPSA) is 255 Å². The molecule has 1 aliphatic rings. The number of fused-ring (bicyclic) bond motifs is 3. The molecule has 5 heterocycles. The van der Waals surface area contributed by atoms with Gasteiger partial charge in [0.15, 0.2) is 5.65 Å². The second kappa shape index (κ2) is 40.5. The number of aromatic nitrogens is 6. The summed E-state index contributed by atoms with van der Waals surface area (Å²) in [7, 11) is 3.28. The third-order valence-corrected chi connectivity index (χ3v) is 11.1. The summed E-state index contributed by atoms with van der Waals surface area (Å²) >= 11 is 0. The molecular weight excluding hydrogens is 971 g/mol. The highest BCUT2D eigenvalue weighted by Gasteiger charge is 2.22. The van der Waals surface area contributed by atoms with Crippen LogP contribution in [0.4, 0.5) is 5.82 Å². The van der Waals surface area contributed by atoms with Crippen molar-refractivity contribution < 1.29 is 61.6 Å². The van der Waals surface area contributed by atoms with E-state index in [2.05, 4.69) is 52.0 Å². The molecule has 0 fully saturated rings.